The van der Waals surface area contributed by atoms with E-state index in [1.807, 2.05) is 0 Å². The van der Waals surface area contributed by atoms with Crippen LogP contribution in [0.2, 0.25) is 0 Å². The van der Waals surface area contributed by atoms with E-state index in [0.29, 0.717) is 10.8 Å². The molecule has 0 saturated heterocycles. The van der Waals surface area contributed by atoms with Crippen LogP contribution < -0.4 is 14.2 Å². The molecule has 0 saturated carbocycles. The Morgan fingerprint density at radius 3 is 2.09 bits per heavy atom. The summed E-state index contributed by atoms with van der Waals surface area (Å²) in [6, 6.07) is 20.6. The number of hydrogen-bond donors (Lipinski definition) is 2. The Morgan fingerprint density at radius 1 is 0.857 bits per heavy atom. The van der Waals surface area contributed by atoms with E-state index in [1.165, 1.54) is 32.4 Å². The molecule has 178 valence electrons. The van der Waals surface area contributed by atoms with Crippen LogP contribution in [0.15, 0.2) is 94.0 Å². The Kier molecular flexibility index (Phi) is 6.65. The summed E-state index contributed by atoms with van der Waals surface area (Å²) in [6.07, 6.45) is 0. The van der Waals surface area contributed by atoms with Crippen molar-refractivity contribution in [3.8, 4) is 17.2 Å². The summed E-state index contributed by atoms with van der Waals surface area (Å²) in [5, 5.41) is 19.2. The number of nitrogens with one attached hydrogen (secondary N) is 1. The highest BCUT2D eigenvalue weighted by Crippen LogP contribution is 2.41. The average molecular weight is 492 g/mol. The first kappa shape index (κ1) is 23.7. The molecule has 0 aliphatic heterocycles. The molecule has 10 heteroatoms. The van der Waals surface area contributed by atoms with Crippen LogP contribution >= 0.6 is 0 Å². The number of rotatable bonds is 7. The van der Waals surface area contributed by atoms with Crippen molar-refractivity contribution in [2.75, 3.05) is 18.9 Å². The van der Waals surface area contributed by atoms with Crippen molar-refractivity contribution in [1.82, 2.24) is 0 Å². The van der Waals surface area contributed by atoms with Gasteiger partial charge in [0.15, 0.2) is 5.75 Å². The summed E-state index contributed by atoms with van der Waals surface area (Å²) in [5.74, 6) is -0.537. The first-order valence-corrected chi connectivity index (χ1v) is 11.8. The molecule has 0 aliphatic carbocycles. The minimum absolute atomic E-state index is 0.0616. The maximum absolute atomic E-state index is 12.9. The van der Waals surface area contributed by atoms with Gasteiger partial charge in [0, 0.05) is 10.8 Å². The second-order valence-corrected chi connectivity index (χ2v) is 8.98. The van der Waals surface area contributed by atoms with Gasteiger partial charge >= 0.3 is 5.91 Å². The first-order valence-electron chi connectivity index (χ1n) is 10.4. The van der Waals surface area contributed by atoms with Crippen LogP contribution in [0.25, 0.3) is 10.8 Å². The number of hydrogen-bond acceptors (Lipinski definition) is 7. The van der Waals surface area contributed by atoms with Gasteiger partial charge in [0.2, 0.25) is 0 Å². The summed E-state index contributed by atoms with van der Waals surface area (Å²) < 4.78 is 38.8. The highest BCUT2D eigenvalue weighted by Gasteiger charge is 2.20. The minimum atomic E-state index is -3.93. The maximum Gasteiger partial charge on any atom is 0.302 e. The number of carbonyl (C=O) groups is 1. The van der Waals surface area contributed by atoms with Gasteiger partial charge in [-0.2, -0.15) is 0 Å². The number of benzene rings is 4. The Morgan fingerprint density at radius 2 is 1.46 bits per heavy atom. The van der Waals surface area contributed by atoms with Crippen molar-refractivity contribution in [2.45, 2.75) is 4.90 Å². The molecule has 1 amide bonds. The first-order chi connectivity index (χ1) is 16.9. The van der Waals surface area contributed by atoms with Crippen LogP contribution in [0.4, 0.5) is 11.4 Å². The number of anilines is 1. The number of azo groups is 1. The Labute approximate surface area is 201 Å². The lowest BCUT2D eigenvalue weighted by Crippen LogP contribution is -2.13. The monoisotopic (exact) mass is 491 g/mol. The zero-order valence-electron chi connectivity index (χ0n) is 18.8. The Bertz CT molecular complexity index is 1510. The number of carbonyl (C=O) groups excluding carboxylic acids is 1. The van der Waals surface area contributed by atoms with Crippen molar-refractivity contribution in [2.24, 2.45) is 10.2 Å². The fraction of sp³-hybridized carbons (Fsp3) is 0.0800. The number of fused-ring (bicyclic) bond motifs is 1. The highest BCUT2D eigenvalue weighted by atomic mass is 32.2. The lowest BCUT2D eigenvalue weighted by molar-refractivity contribution is 0.0989. The standard InChI is InChI=1S/C25H21N3O6S/c1-33-21-13-8-14-22(34-2)23(21)25(30)27-26-20-15-19(17-11-6-7-12-18(17)24(20)29)28-35(31,32)16-9-4-3-5-10-16/h3-15,28-29H,1-2H3. The van der Waals surface area contributed by atoms with Crippen LogP contribution in [-0.2, 0) is 10.0 Å². The van der Waals surface area contributed by atoms with E-state index in [1.54, 1.807) is 60.7 Å². The van der Waals surface area contributed by atoms with Crippen molar-refractivity contribution >= 4 is 38.1 Å². The molecule has 0 radical (unpaired) electrons. The van der Waals surface area contributed by atoms with Crippen LogP contribution in [-0.4, -0.2) is 33.7 Å². The number of amides is 1. The molecule has 0 aliphatic rings. The van der Waals surface area contributed by atoms with E-state index in [-0.39, 0.29) is 39.1 Å². The molecule has 9 nitrogen and oxygen atoms in total. The summed E-state index contributed by atoms with van der Waals surface area (Å²) in [5.41, 5.74) is 0.127. The zero-order valence-corrected chi connectivity index (χ0v) is 19.6. The number of methoxy groups -OCH3 is 2. The van der Waals surface area contributed by atoms with Gasteiger partial charge in [-0.05, 0) is 30.3 Å². The maximum atomic E-state index is 12.9. The topological polar surface area (TPSA) is 127 Å². The third kappa shape index (κ3) is 4.78. The summed E-state index contributed by atoms with van der Waals surface area (Å²) in [7, 11) is -1.12. The molecule has 4 aromatic carbocycles. The molecule has 4 aromatic rings. The molecule has 4 rings (SSSR count). The Hall–Kier alpha value is -4.44. The van der Waals surface area contributed by atoms with E-state index in [4.69, 9.17) is 9.47 Å². The molecule has 0 unspecified atom stereocenters. The molecule has 0 aromatic heterocycles. The number of nitrogens with zero attached hydrogens (tertiary/aromatic N) is 2. The van der Waals surface area contributed by atoms with Crippen molar-refractivity contribution in [3.63, 3.8) is 0 Å². The molecule has 0 spiro atoms. The molecule has 35 heavy (non-hydrogen) atoms. The molecular formula is C25H21N3O6S. The van der Waals surface area contributed by atoms with Crippen LogP contribution in [0.3, 0.4) is 0 Å². The second kappa shape index (κ2) is 9.82. The van der Waals surface area contributed by atoms with Gasteiger partial charge in [0.1, 0.15) is 22.7 Å². The SMILES string of the molecule is COc1cccc(OC)c1C(=O)N=Nc1cc(NS(=O)(=O)c2ccccc2)c2ccccc2c1O. The van der Waals surface area contributed by atoms with Gasteiger partial charge in [-0.15, -0.1) is 10.2 Å². The van der Waals surface area contributed by atoms with E-state index in [9.17, 15) is 18.3 Å². The molecule has 0 bridgehead atoms. The van der Waals surface area contributed by atoms with Crippen LogP contribution in [0.5, 0.6) is 17.2 Å². The molecular weight excluding hydrogens is 470 g/mol. The van der Waals surface area contributed by atoms with Crippen LogP contribution in [0, 0.1) is 0 Å². The van der Waals surface area contributed by atoms with E-state index in [0.717, 1.165) is 0 Å². The normalized spacial score (nSPS) is 11.5. The summed E-state index contributed by atoms with van der Waals surface area (Å²) in [4.78, 5) is 12.9. The lowest BCUT2D eigenvalue weighted by atomic mass is 10.1. The van der Waals surface area contributed by atoms with E-state index < -0.39 is 15.9 Å². The fourth-order valence-corrected chi connectivity index (χ4v) is 4.61. The third-order valence-electron chi connectivity index (χ3n) is 5.18. The zero-order chi connectivity index (χ0) is 25.0. The number of sulfonamides is 1. The average Bonchev–Trinajstić information content (AvgIpc) is 2.89. The molecule has 0 heterocycles. The second-order valence-electron chi connectivity index (χ2n) is 7.30. The predicted molar refractivity (Wildman–Crippen MR) is 131 cm³/mol. The van der Waals surface area contributed by atoms with Gasteiger partial charge in [0.05, 0.1) is 24.8 Å². The number of phenols is 1. The van der Waals surface area contributed by atoms with Crippen molar-refractivity contribution in [1.29, 1.82) is 0 Å². The molecule has 0 atom stereocenters. The van der Waals surface area contributed by atoms with Gasteiger partial charge in [-0.1, -0.05) is 48.5 Å². The largest absolute Gasteiger partial charge is 0.505 e. The lowest BCUT2D eigenvalue weighted by Gasteiger charge is -2.13. The highest BCUT2D eigenvalue weighted by molar-refractivity contribution is 7.92. The number of aromatic hydroxyl groups is 1. The minimum Gasteiger partial charge on any atom is -0.505 e. The number of phenolic OH excluding ortho intramolecular Hbond substituents is 1. The smallest absolute Gasteiger partial charge is 0.302 e. The van der Waals surface area contributed by atoms with Crippen molar-refractivity contribution in [3.05, 3.63) is 84.4 Å². The van der Waals surface area contributed by atoms with Crippen molar-refractivity contribution < 1.29 is 27.8 Å². The van der Waals surface area contributed by atoms with Crippen LogP contribution in [0.1, 0.15) is 10.4 Å². The quantitative estimate of drug-likeness (QED) is 0.267. The number of ether oxygens (including phenoxy) is 2. The van der Waals surface area contributed by atoms with E-state index in [2.05, 4.69) is 15.0 Å². The van der Waals surface area contributed by atoms with Gasteiger partial charge in [-0.3, -0.25) is 9.52 Å². The summed E-state index contributed by atoms with van der Waals surface area (Å²) >= 11 is 0. The molecule has 2 N–H and O–H groups in total. The third-order valence-corrected chi connectivity index (χ3v) is 6.57. The van der Waals surface area contributed by atoms with E-state index >= 15 is 0 Å². The predicted octanol–water partition coefficient (Wildman–Crippen LogP) is 5.29. The summed E-state index contributed by atoms with van der Waals surface area (Å²) in [6.45, 7) is 0. The Balaban J connectivity index is 1.78. The molecule has 0 fully saturated rings. The fourth-order valence-electron chi connectivity index (χ4n) is 3.52. The van der Waals surface area contributed by atoms with Gasteiger partial charge in [0.25, 0.3) is 10.0 Å². The van der Waals surface area contributed by atoms with Gasteiger partial charge < -0.3 is 14.6 Å². The van der Waals surface area contributed by atoms with Gasteiger partial charge in [-0.25, -0.2) is 8.42 Å².